The minimum absolute atomic E-state index is 0.150. The fourth-order valence-electron chi connectivity index (χ4n) is 3.97. The zero-order valence-corrected chi connectivity index (χ0v) is 14.0. The summed E-state index contributed by atoms with van der Waals surface area (Å²) in [6, 6.07) is 11.4. The Balaban J connectivity index is 1.78. The van der Waals surface area contributed by atoms with Gasteiger partial charge in [0.05, 0.1) is 11.6 Å². The second kappa shape index (κ2) is 5.67. The standard InChI is InChI=1S/C20H18ClNO2/c1-11-5-10-16(21)17-14-3-2-4-15(14)19(22-18(11)17)12-6-8-13(9-7-12)20(23)24/h2-3,5-10,14-15,19,22H,4H2,1H3,(H,23,24)/t14-,15+,19+/m1/s1. The van der Waals surface area contributed by atoms with Crippen molar-refractivity contribution in [1.29, 1.82) is 0 Å². The molecule has 1 heterocycles. The molecule has 2 N–H and O–H groups in total. The molecule has 3 atom stereocenters. The zero-order chi connectivity index (χ0) is 16.8. The Hall–Kier alpha value is -2.26. The van der Waals surface area contributed by atoms with E-state index in [0.717, 1.165) is 22.7 Å². The number of benzene rings is 2. The number of carboxylic acid groups (broad SMARTS) is 1. The van der Waals surface area contributed by atoms with Crippen LogP contribution in [0.2, 0.25) is 5.02 Å². The highest BCUT2D eigenvalue weighted by Gasteiger charge is 2.39. The molecule has 0 saturated heterocycles. The van der Waals surface area contributed by atoms with Gasteiger partial charge in [-0.05, 0) is 48.6 Å². The smallest absolute Gasteiger partial charge is 0.335 e. The first-order chi connectivity index (χ1) is 11.6. The number of aryl methyl sites for hydroxylation is 1. The number of hydrogen-bond acceptors (Lipinski definition) is 2. The van der Waals surface area contributed by atoms with Crippen molar-refractivity contribution in [2.24, 2.45) is 5.92 Å². The number of allylic oxidation sites excluding steroid dienone is 2. The van der Waals surface area contributed by atoms with Crippen LogP contribution in [0.4, 0.5) is 5.69 Å². The van der Waals surface area contributed by atoms with Gasteiger partial charge in [-0.2, -0.15) is 0 Å². The second-order valence-corrected chi connectivity index (χ2v) is 6.96. The number of fused-ring (bicyclic) bond motifs is 3. The van der Waals surface area contributed by atoms with E-state index < -0.39 is 5.97 Å². The first-order valence-corrected chi connectivity index (χ1v) is 8.49. The maximum Gasteiger partial charge on any atom is 0.335 e. The Morgan fingerprint density at radius 1 is 1.21 bits per heavy atom. The van der Waals surface area contributed by atoms with Gasteiger partial charge < -0.3 is 10.4 Å². The number of nitrogens with one attached hydrogen (secondary N) is 1. The average molecular weight is 340 g/mol. The molecule has 24 heavy (non-hydrogen) atoms. The molecule has 1 aliphatic carbocycles. The number of anilines is 1. The Labute approximate surface area is 146 Å². The average Bonchev–Trinajstić information content (AvgIpc) is 3.07. The molecule has 0 radical (unpaired) electrons. The summed E-state index contributed by atoms with van der Waals surface area (Å²) in [7, 11) is 0. The molecule has 0 bridgehead atoms. The fourth-order valence-corrected chi connectivity index (χ4v) is 4.26. The number of hydrogen-bond donors (Lipinski definition) is 2. The van der Waals surface area contributed by atoms with Gasteiger partial charge >= 0.3 is 5.97 Å². The van der Waals surface area contributed by atoms with Crippen molar-refractivity contribution in [1.82, 2.24) is 0 Å². The second-order valence-electron chi connectivity index (χ2n) is 6.56. The van der Waals surface area contributed by atoms with Crippen LogP contribution in [0.15, 0.2) is 48.6 Å². The van der Waals surface area contributed by atoms with Crippen molar-refractivity contribution in [3.05, 3.63) is 75.8 Å². The molecule has 2 aliphatic rings. The van der Waals surface area contributed by atoms with Gasteiger partial charge in [-0.25, -0.2) is 4.79 Å². The van der Waals surface area contributed by atoms with Crippen molar-refractivity contribution in [2.45, 2.75) is 25.3 Å². The molecule has 0 spiro atoms. The van der Waals surface area contributed by atoms with Gasteiger partial charge in [0.15, 0.2) is 0 Å². The summed E-state index contributed by atoms with van der Waals surface area (Å²) >= 11 is 6.49. The van der Waals surface area contributed by atoms with Crippen molar-refractivity contribution >= 4 is 23.3 Å². The summed E-state index contributed by atoms with van der Waals surface area (Å²) in [6.45, 7) is 2.09. The van der Waals surface area contributed by atoms with E-state index in [2.05, 4.69) is 24.4 Å². The largest absolute Gasteiger partial charge is 0.478 e. The fraction of sp³-hybridized carbons (Fsp3) is 0.250. The third-order valence-electron chi connectivity index (χ3n) is 5.19. The highest BCUT2D eigenvalue weighted by molar-refractivity contribution is 6.32. The van der Waals surface area contributed by atoms with Crippen LogP contribution in [0.3, 0.4) is 0 Å². The molecule has 0 saturated carbocycles. The molecule has 1 aliphatic heterocycles. The van der Waals surface area contributed by atoms with Crippen LogP contribution in [-0.4, -0.2) is 11.1 Å². The third-order valence-corrected chi connectivity index (χ3v) is 5.52. The monoisotopic (exact) mass is 339 g/mol. The van der Waals surface area contributed by atoms with Crippen LogP contribution < -0.4 is 5.32 Å². The number of aromatic carboxylic acids is 1. The normalized spacial score (nSPS) is 24.2. The minimum Gasteiger partial charge on any atom is -0.478 e. The van der Waals surface area contributed by atoms with E-state index in [1.54, 1.807) is 12.1 Å². The Morgan fingerprint density at radius 3 is 2.67 bits per heavy atom. The summed E-state index contributed by atoms with van der Waals surface area (Å²) in [6.07, 6.45) is 5.48. The van der Waals surface area contributed by atoms with E-state index in [1.165, 1.54) is 11.1 Å². The van der Waals surface area contributed by atoms with Crippen LogP contribution >= 0.6 is 11.6 Å². The molecule has 122 valence electrons. The van der Waals surface area contributed by atoms with Crippen LogP contribution in [0.5, 0.6) is 0 Å². The SMILES string of the molecule is Cc1ccc(Cl)c2c1N[C@@H](c1ccc(C(=O)O)cc1)[C@H]1CC=C[C@@H]21. The van der Waals surface area contributed by atoms with Crippen LogP contribution in [0, 0.1) is 12.8 Å². The minimum atomic E-state index is -0.897. The number of rotatable bonds is 2. The zero-order valence-electron chi connectivity index (χ0n) is 13.3. The van der Waals surface area contributed by atoms with Gasteiger partial charge in [0.1, 0.15) is 0 Å². The van der Waals surface area contributed by atoms with E-state index in [-0.39, 0.29) is 6.04 Å². The summed E-state index contributed by atoms with van der Waals surface area (Å²) in [5.74, 6) is -0.197. The van der Waals surface area contributed by atoms with E-state index in [1.807, 2.05) is 24.3 Å². The predicted octanol–water partition coefficient (Wildman–Crippen LogP) is 5.17. The van der Waals surface area contributed by atoms with E-state index >= 15 is 0 Å². The molecule has 0 aromatic heterocycles. The first kappa shape index (κ1) is 15.3. The highest BCUT2D eigenvalue weighted by Crippen LogP contribution is 2.52. The Bertz CT molecular complexity index is 841. The Kier molecular flexibility index (Phi) is 3.61. The molecule has 4 rings (SSSR count). The maximum absolute atomic E-state index is 11.1. The van der Waals surface area contributed by atoms with Crippen LogP contribution in [-0.2, 0) is 0 Å². The topological polar surface area (TPSA) is 49.3 Å². The third kappa shape index (κ3) is 2.31. The Morgan fingerprint density at radius 2 is 1.96 bits per heavy atom. The van der Waals surface area contributed by atoms with Gasteiger partial charge in [-0.1, -0.05) is 42.0 Å². The summed E-state index contributed by atoms with van der Waals surface area (Å²) in [5.41, 5.74) is 4.91. The van der Waals surface area contributed by atoms with E-state index in [4.69, 9.17) is 16.7 Å². The van der Waals surface area contributed by atoms with Crippen LogP contribution in [0.1, 0.15) is 45.4 Å². The predicted molar refractivity (Wildman–Crippen MR) is 95.9 cm³/mol. The number of carboxylic acids is 1. The molecule has 3 nitrogen and oxygen atoms in total. The lowest BCUT2D eigenvalue weighted by Crippen LogP contribution is -2.29. The highest BCUT2D eigenvalue weighted by atomic mass is 35.5. The number of halogens is 1. The first-order valence-electron chi connectivity index (χ1n) is 8.11. The van der Waals surface area contributed by atoms with Crippen molar-refractivity contribution in [3.8, 4) is 0 Å². The van der Waals surface area contributed by atoms with Crippen molar-refractivity contribution in [2.75, 3.05) is 5.32 Å². The maximum atomic E-state index is 11.1. The lowest BCUT2D eigenvalue weighted by atomic mass is 9.76. The molecule has 0 fully saturated rings. The van der Waals surface area contributed by atoms with Gasteiger partial charge in [-0.3, -0.25) is 0 Å². The number of carbonyl (C=O) groups is 1. The molecule has 2 aromatic rings. The van der Waals surface area contributed by atoms with Gasteiger partial charge in [0.2, 0.25) is 0 Å². The summed E-state index contributed by atoms with van der Waals surface area (Å²) < 4.78 is 0. The molecular formula is C20H18ClNO2. The summed E-state index contributed by atoms with van der Waals surface area (Å²) in [5, 5.41) is 13.6. The van der Waals surface area contributed by atoms with Crippen molar-refractivity contribution < 1.29 is 9.90 Å². The molecule has 4 heteroatoms. The van der Waals surface area contributed by atoms with Gasteiger partial charge in [-0.15, -0.1) is 0 Å². The molecule has 0 amide bonds. The van der Waals surface area contributed by atoms with Crippen molar-refractivity contribution in [3.63, 3.8) is 0 Å². The molecule has 2 aromatic carbocycles. The molecular weight excluding hydrogens is 322 g/mol. The lowest BCUT2D eigenvalue weighted by Gasteiger charge is -2.38. The van der Waals surface area contributed by atoms with E-state index in [9.17, 15) is 4.79 Å². The molecule has 0 unspecified atom stereocenters. The van der Waals surface area contributed by atoms with Gasteiger partial charge in [0, 0.05) is 22.2 Å². The van der Waals surface area contributed by atoms with E-state index in [0.29, 0.717) is 17.4 Å². The lowest BCUT2D eigenvalue weighted by molar-refractivity contribution is 0.0697. The quantitative estimate of drug-likeness (QED) is 0.742. The van der Waals surface area contributed by atoms with Gasteiger partial charge in [0.25, 0.3) is 0 Å². The van der Waals surface area contributed by atoms with Crippen LogP contribution in [0.25, 0.3) is 0 Å². The summed E-state index contributed by atoms with van der Waals surface area (Å²) in [4.78, 5) is 11.1.